The molecule has 0 bridgehead atoms. The summed E-state index contributed by atoms with van der Waals surface area (Å²) in [6.07, 6.45) is 1.08. The average molecular weight is 163 g/mol. The van der Waals surface area contributed by atoms with Gasteiger partial charge in [-0.25, -0.2) is 0 Å². The first-order chi connectivity index (χ1) is 5.41. The fourth-order valence-electron chi connectivity index (χ4n) is 0.641. The van der Waals surface area contributed by atoms with E-state index >= 15 is 0 Å². The minimum atomic E-state index is 0. The summed E-state index contributed by atoms with van der Waals surface area (Å²) >= 11 is 0. The Morgan fingerprint density at radius 3 is 2.27 bits per heavy atom. The van der Waals surface area contributed by atoms with Gasteiger partial charge in [0.2, 0.25) is 0 Å². The third-order valence-electron chi connectivity index (χ3n) is 1.22. The van der Waals surface area contributed by atoms with Crippen molar-refractivity contribution in [3.63, 3.8) is 0 Å². The van der Waals surface area contributed by atoms with Gasteiger partial charge >= 0.3 is 0 Å². The molecule has 0 aliphatic carbocycles. The highest BCUT2D eigenvalue weighted by atomic mass is 16.5. The molecule has 0 amide bonds. The molecule has 0 aromatic heterocycles. The zero-order chi connectivity index (χ0) is 8.36. The maximum Gasteiger partial charge on any atom is 0.0701 e. The van der Waals surface area contributed by atoms with Crippen molar-refractivity contribution in [2.24, 2.45) is 0 Å². The predicted octanol–water partition coefficient (Wildman–Crippen LogP) is 0.895. The minimum Gasteiger partial charge on any atom is -0.379 e. The molecule has 0 unspecified atom stereocenters. The van der Waals surface area contributed by atoms with E-state index < -0.39 is 0 Å². The normalized spacial score (nSPS) is 10.4. The zero-order valence-electron chi connectivity index (χ0n) is 7.56. The van der Waals surface area contributed by atoms with E-state index in [0.717, 1.165) is 32.8 Å². The molecule has 0 atom stereocenters. The van der Waals surface area contributed by atoms with Crippen LogP contribution in [0.4, 0.5) is 0 Å². The number of rotatable bonds is 8. The lowest BCUT2D eigenvalue weighted by Crippen LogP contribution is -2.16. The van der Waals surface area contributed by atoms with Gasteiger partial charge in [-0.1, -0.05) is 6.92 Å². The Morgan fingerprint density at radius 2 is 1.73 bits per heavy atom. The monoisotopic (exact) mass is 163 g/mol. The van der Waals surface area contributed by atoms with Gasteiger partial charge in [0.05, 0.1) is 19.8 Å². The molecule has 0 saturated heterocycles. The first-order valence-corrected chi connectivity index (χ1v) is 4.22. The Balaban J connectivity index is 0. The lowest BCUT2D eigenvalue weighted by atomic mass is 10.5. The molecule has 0 aliphatic heterocycles. The summed E-state index contributed by atoms with van der Waals surface area (Å²) in [6, 6.07) is 0. The van der Waals surface area contributed by atoms with Gasteiger partial charge < -0.3 is 14.8 Å². The maximum atomic E-state index is 5.23. The Bertz CT molecular complexity index is 66.1. The van der Waals surface area contributed by atoms with E-state index in [1.54, 1.807) is 0 Å². The number of nitrogens with one attached hydrogen (secondary N) is 1. The third-order valence-corrected chi connectivity index (χ3v) is 1.22. The van der Waals surface area contributed by atoms with Crippen LogP contribution in [0.5, 0.6) is 0 Å². The molecule has 0 radical (unpaired) electrons. The summed E-state index contributed by atoms with van der Waals surface area (Å²) in [5.74, 6) is 0. The Hall–Kier alpha value is -0.120. The van der Waals surface area contributed by atoms with Crippen LogP contribution in [0.2, 0.25) is 0 Å². The molecule has 0 aromatic rings. The fourth-order valence-corrected chi connectivity index (χ4v) is 0.641. The van der Waals surface area contributed by atoms with Gasteiger partial charge in [0.25, 0.3) is 0 Å². The largest absolute Gasteiger partial charge is 0.379 e. The molecule has 0 heterocycles. The standard InChI is InChI=1S/C8H19NO2.H2/c1-3-5-10-7-8-11-6-4-9-2;/h9H,3-8H2,1-2H3;1H. The molecule has 0 spiro atoms. The molecule has 1 N–H and O–H groups in total. The first-order valence-electron chi connectivity index (χ1n) is 4.22. The van der Waals surface area contributed by atoms with E-state index in [2.05, 4.69) is 12.2 Å². The summed E-state index contributed by atoms with van der Waals surface area (Å²) in [5, 5.41) is 3.00. The molecule has 0 aliphatic rings. The molecule has 3 heteroatoms. The van der Waals surface area contributed by atoms with Crippen molar-refractivity contribution in [1.29, 1.82) is 0 Å². The van der Waals surface area contributed by atoms with E-state index in [9.17, 15) is 0 Å². The summed E-state index contributed by atoms with van der Waals surface area (Å²) < 4.78 is 10.5. The predicted molar refractivity (Wildman–Crippen MR) is 48.0 cm³/mol. The van der Waals surface area contributed by atoms with Crippen molar-refractivity contribution in [3.8, 4) is 0 Å². The number of hydrogen-bond acceptors (Lipinski definition) is 3. The van der Waals surface area contributed by atoms with E-state index in [4.69, 9.17) is 9.47 Å². The lowest BCUT2D eigenvalue weighted by molar-refractivity contribution is 0.0495. The average Bonchev–Trinajstić information content (AvgIpc) is 2.03. The van der Waals surface area contributed by atoms with Crippen LogP contribution in [-0.2, 0) is 9.47 Å². The van der Waals surface area contributed by atoms with Crippen molar-refractivity contribution in [3.05, 3.63) is 0 Å². The molecular formula is C8H21NO2. The topological polar surface area (TPSA) is 30.5 Å². The molecule has 0 aromatic carbocycles. The molecule has 0 fully saturated rings. The van der Waals surface area contributed by atoms with Gasteiger partial charge in [-0.2, -0.15) is 0 Å². The summed E-state index contributed by atoms with van der Waals surface area (Å²) in [5.41, 5.74) is 0. The lowest BCUT2D eigenvalue weighted by Gasteiger charge is -2.03. The van der Waals surface area contributed by atoms with Gasteiger partial charge in [-0.3, -0.25) is 0 Å². The zero-order valence-corrected chi connectivity index (χ0v) is 7.56. The quantitative estimate of drug-likeness (QED) is 0.539. The second kappa shape index (κ2) is 9.88. The second-order valence-corrected chi connectivity index (χ2v) is 2.33. The highest BCUT2D eigenvalue weighted by molar-refractivity contribution is 4.36. The fraction of sp³-hybridized carbons (Fsp3) is 1.00. The Kier molecular flexibility index (Phi) is 9.77. The van der Waals surface area contributed by atoms with Crippen LogP contribution >= 0.6 is 0 Å². The summed E-state index contributed by atoms with van der Waals surface area (Å²) in [7, 11) is 1.91. The van der Waals surface area contributed by atoms with E-state index in [0.29, 0.717) is 6.61 Å². The number of likely N-dealkylation sites (N-methyl/N-ethyl adjacent to an activating group) is 1. The molecule has 3 nitrogen and oxygen atoms in total. The van der Waals surface area contributed by atoms with Crippen LogP contribution in [0, 0.1) is 0 Å². The second-order valence-electron chi connectivity index (χ2n) is 2.33. The van der Waals surface area contributed by atoms with Crippen LogP contribution in [-0.4, -0.2) is 40.0 Å². The summed E-state index contributed by atoms with van der Waals surface area (Å²) in [6.45, 7) is 6.05. The van der Waals surface area contributed by atoms with Crippen LogP contribution in [0.25, 0.3) is 0 Å². The SMILES string of the molecule is CCCOCCOCCNC.[HH]. The van der Waals surface area contributed by atoms with Crippen LogP contribution in [0.15, 0.2) is 0 Å². The van der Waals surface area contributed by atoms with Crippen LogP contribution in [0.3, 0.4) is 0 Å². The van der Waals surface area contributed by atoms with Crippen molar-refractivity contribution >= 4 is 0 Å². The van der Waals surface area contributed by atoms with Crippen LogP contribution in [0.1, 0.15) is 14.8 Å². The summed E-state index contributed by atoms with van der Waals surface area (Å²) in [4.78, 5) is 0. The van der Waals surface area contributed by atoms with E-state index in [1.807, 2.05) is 7.05 Å². The van der Waals surface area contributed by atoms with Gasteiger partial charge in [0.15, 0.2) is 0 Å². The van der Waals surface area contributed by atoms with Crippen molar-refractivity contribution in [2.75, 3.05) is 40.0 Å². The number of ether oxygens (including phenoxy) is 2. The highest BCUT2D eigenvalue weighted by Gasteiger charge is 1.87. The molecular weight excluding hydrogens is 142 g/mol. The third kappa shape index (κ3) is 9.88. The molecule has 70 valence electrons. The Morgan fingerprint density at radius 1 is 1.09 bits per heavy atom. The first kappa shape index (κ1) is 10.9. The van der Waals surface area contributed by atoms with Gasteiger partial charge in [0, 0.05) is 14.6 Å². The van der Waals surface area contributed by atoms with E-state index in [1.165, 1.54) is 0 Å². The van der Waals surface area contributed by atoms with Crippen molar-refractivity contribution in [1.82, 2.24) is 5.32 Å². The molecule has 0 rings (SSSR count). The van der Waals surface area contributed by atoms with E-state index in [-0.39, 0.29) is 1.43 Å². The molecule has 11 heavy (non-hydrogen) atoms. The number of hydrogen-bond donors (Lipinski definition) is 1. The smallest absolute Gasteiger partial charge is 0.0701 e. The van der Waals surface area contributed by atoms with Gasteiger partial charge in [0.1, 0.15) is 0 Å². The maximum absolute atomic E-state index is 5.23. The molecule has 0 saturated carbocycles. The van der Waals surface area contributed by atoms with Crippen molar-refractivity contribution in [2.45, 2.75) is 13.3 Å². The minimum absolute atomic E-state index is 0. The van der Waals surface area contributed by atoms with Gasteiger partial charge in [-0.05, 0) is 13.5 Å². The van der Waals surface area contributed by atoms with Gasteiger partial charge in [-0.15, -0.1) is 0 Å². The van der Waals surface area contributed by atoms with Crippen molar-refractivity contribution < 1.29 is 10.9 Å². The Labute approximate surface area is 70.6 Å². The highest BCUT2D eigenvalue weighted by Crippen LogP contribution is 1.80. The van der Waals surface area contributed by atoms with Crippen LogP contribution < -0.4 is 5.32 Å².